The van der Waals surface area contributed by atoms with Crippen LogP contribution in [0.25, 0.3) is 0 Å². The monoisotopic (exact) mass is 913 g/mol. The standard InChI is InChI=1S/C34H59NO27/c35-3-1-2-4-53-30-20(47)15(42)24(10(6-37)55-30)59-32-21(48)16(43)26(12(8-39)56-32)60-34-23(50)18(45)27(28(62-34)29(51)52)61-33-22(49)17(44)25(11(7-38)57-33)58-31-19(46)14(41)13(40)9(5-36)54-31/h9-28,30-34,36-50H,1-8,35H2,(H,51,52)/t9?,10?,11?,12?,13-,14+,15-,16?,17-,18?,19?,20?,21+,22?,23+,24-,25+,26-,27+,28?,30+,31-,32+,33-,34-/m1/s1. The number of ether oxygens (including phenoxy) is 10. The molecule has 5 heterocycles. The molecule has 62 heavy (non-hydrogen) atoms. The quantitative estimate of drug-likeness (QED) is 0.0568. The van der Waals surface area contributed by atoms with Crippen LogP contribution in [0.4, 0.5) is 0 Å². The number of aliphatic hydroxyl groups excluding tert-OH is 15. The Kier molecular flexibility index (Phi) is 18.9. The van der Waals surface area contributed by atoms with E-state index in [4.69, 9.17) is 53.1 Å². The van der Waals surface area contributed by atoms with Gasteiger partial charge in [-0.1, -0.05) is 0 Å². The summed E-state index contributed by atoms with van der Waals surface area (Å²) in [6.07, 6.45) is -46.6. The van der Waals surface area contributed by atoms with E-state index < -0.39 is 186 Å². The highest BCUT2D eigenvalue weighted by Gasteiger charge is 2.57. The topological polar surface area (TPSA) is 459 Å². The van der Waals surface area contributed by atoms with E-state index in [-0.39, 0.29) is 6.61 Å². The summed E-state index contributed by atoms with van der Waals surface area (Å²) in [6, 6.07) is 0. The maximum absolute atomic E-state index is 12.4. The molecule has 5 saturated heterocycles. The number of rotatable bonds is 18. The van der Waals surface area contributed by atoms with Gasteiger partial charge >= 0.3 is 5.97 Å². The molecule has 362 valence electrons. The van der Waals surface area contributed by atoms with Crippen molar-refractivity contribution < 1.29 is 134 Å². The van der Waals surface area contributed by atoms with Crippen molar-refractivity contribution in [3.05, 3.63) is 0 Å². The van der Waals surface area contributed by atoms with E-state index in [1.807, 2.05) is 0 Å². The minimum atomic E-state index is -2.31. The largest absolute Gasteiger partial charge is 0.479 e. The Bertz CT molecular complexity index is 1370. The lowest BCUT2D eigenvalue weighted by Gasteiger charge is -2.49. The molecular weight excluding hydrogens is 854 g/mol. The number of carboxylic acids is 1. The molecule has 5 rings (SSSR count). The summed E-state index contributed by atoms with van der Waals surface area (Å²) in [4.78, 5) is 12.4. The van der Waals surface area contributed by atoms with Crippen molar-refractivity contribution in [2.24, 2.45) is 5.73 Å². The van der Waals surface area contributed by atoms with E-state index in [0.29, 0.717) is 19.4 Å². The van der Waals surface area contributed by atoms with Gasteiger partial charge in [0, 0.05) is 6.61 Å². The normalized spacial score (nSPS) is 49.1. The SMILES string of the molecule is NCCCCO[C@H]1OC(CO)[C@@H](O[C@@H]2OC(CO)[C@@H](O[C@@H]3OC(C(=O)O)[C@@H](O[C@H]4OC(CO)[C@H](O[C@H]5OC(CO)[C@@H](O)[C@H](O)C5O)[C@H](O)C4O)C(O)[C@@H]3O)C(O)[C@@H]2O)[C@H](O)C1O. The Labute approximate surface area is 351 Å². The van der Waals surface area contributed by atoms with Gasteiger partial charge in [0.05, 0.1) is 26.4 Å². The van der Waals surface area contributed by atoms with Crippen LogP contribution in [0.3, 0.4) is 0 Å². The van der Waals surface area contributed by atoms with Crippen LogP contribution >= 0.6 is 0 Å². The first-order chi connectivity index (χ1) is 29.4. The number of aliphatic hydroxyl groups is 15. The Morgan fingerprint density at radius 2 is 0.758 bits per heavy atom. The van der Waals surface area contributed by atoms with E-state index >= 15 is 0 Å². The summed E-state index contributed by atoms with van der Waals surface area (Å²) in [5, 5.41) is 168. The highest BCUT2D eigenvalue weighted by molar-refractivity contribution is 5.73. The number of carboxylic acid groups (broad SMARTS) is 1. The number of aliphatic carboxylic acids is 1. The van der Waals surface area contributed by atoms with Crippen LogP contribution < -0.4 is 5.73 Å². The second-order valence-corrected chi connectivity index (χ2v) is 15.3. The van der Waals surface area contributed by atoms with Gasteiger partial charge in [-0.25, -0.2) is 4.79 Å². The zero-order valence-electron chi connectivity index (χ0n) is 32.8. The second kappa shape index (κ2) is 22.8. The van der Waals surface area contributed by atoms with E-state index in [1.165, 1.54) is 0 Å². The van der Waals surface area contributed by atoms with Crippen molar-refractivity contribution in [1.82, 2.24) is 0 Å². The van der Waals surface area contributed by atoms with Gasteiger partial charge < -0.3 is 135 Å². The van der Waals surface area contributed by atoms with Gasteiger partial charge in [-0.05, 0) is 19.4 Å². The van der Waals surface area contributed by atoms with Crippen molar-refractivity contribution in [2.45, 2.75) is 166 Å². The van der Waals surface area contributed by atoms with Crippen molar-refractivity contribution >= 4 is 5.97 Å². The van der Waals surface area contributed by atoms with E-state index in [9.17, 15) is 86.5 Å². The lowest BCUT2D eigenvalue weighted by molar-refractivity contribution is -0.390. The fraction of sp³-hybridized carbons (Fsp3) is 0.971. The van der Waals surface area contributed by atoms with E-state index in [0.717, 1.165) is 0 Å². The van der Waals surface area contributed by atoms with Gasteiger partial charge in [0.1, 0.15) is 116 Å². The highest BCUT2D eigenvalue weighted by Crippen LogP contribution is 2.36. The summed E-state index contributed by atoms with van der Waals surface area (Å²) in [5.74, 6) is -1.87. The Balaban J connectivity index is 1.23. The van der Waals surface area contributed by atoms with Gasteiger partial charge in [0.2, 0.25) is 0 Å². The molecule has 18 N–H and O–H groups in total. The lowest BCUT2D eigenvalue weighted by atomic mass is 9.95. The fourth-order valence-electron chi connectivity index (χ4n) is 7.57. The fourth-order valence-corrected chi connectivity index (χ4v) is 7.57. The summed E-state index contributed by atoms with van der Waals surface area (Å²) < 4.78 is 54.9. The maximum atomic E-state index is 12.4. The van der Waals surface area contributed by atoms with E-state index in [1.54, 1.807) is 0 Å². The number of carbonyl (C=O) groups is 1. The van der Waals surface area contributed by atoms with Crippen LogP contribution in [0.2, 0.25) is 0 Å². The molecule has 0 aromatic carbocycles. The minimum absolute atomic E-state index is 0.0891. The van der Waals surface area contributed by atoms with Crippen molar-refractivity contribution in [3.8, 4) is 0 Å². The number of hydrogen-bond donors (Lipinski definition) is 17. The molecule has 0 aromatic rings. The summed E-state index contributed by atoms with van der Waals surface area (Å²) >= 11 is 0. The van der Waals surface area contributed by atoms with Gasteiger partial charge in [-0.3, -0.25) is 0 Å². The molecule has 0 aromatic heterocycles. The predicted octanol–water partition coefficient (Wildman–Crippen LogP) is -11.1. The number of unbranched alkanes of at least 4 members (excludes halogenated alkanes) is 1. The Morgan fingerprint density at radius 3 is 1.16 bits per heavy atom. The molecule has 5 fully saturated rings. The first kappa shape index (κ1) is 51.4. The molecule has 28 nitrogen and oxygen atoms in total. The van der Waals surface area contributed by atoms with Crippen LogP contribution in [0.5, 0.6) is 0 Å². The molecule has 5 aliphatic rings. The Morgan fingerprint density at radius 1 is 0.419 bits per heavy atom. The molecule has 25 atom stereocenters. The van der Waals surface area contributed by atoms with Gasteiger partial charge in [-0.2, -0.15) is 0 Å². The van der Waals surface area contributed by atoms with Crippen LogP contribution in [0.1, 0.15) is 12.8 Å². The third kappa shape index (κ3) is 11.0. The molecule has 0 bridgehead atoms. The number of hydrogen-bond acceptors (Lipinski definition) is 27. The predicted molar refractivity (Wildman–Crippen MR) is 189 cm³/mol. The molecule has 5 aliphatic heterocycles. The lowest BCUT2D eigenvalue weighted by Crippen LogP contribution is -2.68. The smallest absolute Gasteiger partial charge is 0.335 e. The molecule has 28 heteroatoms. The second-order valence-electron chi connectivity index (χ2n) is 15.3. The van der Waals surface area contributed by atoms with Crippen LogP contribution in [0, 0.1) is 0 Å². The minimum Gasteiger partial charge on any atom is -0.479 e. The zero-order valence-corrected chi connectivity index (χ0v) is 32.8. The molecule has 0 amide bonds. The van der Waals surface area contributed by atoms with Crippen molar-refractivity contribution in [3.63, 3.8) is 0 Å². The molecule has 10 unspecified atom stereocenters. The first-order valence-corrected chi connectivity index (χ1v) is 19.8. The van der Waals surface area contributed by atoms with Gasteiger partial charge in [-0.15, -0.1) is 0 Å². The van der Waals surface area contributed by atoms with Gasteiger partial charge in [0.15, 0.2) is 37.6 Å². The molecule has 0 saturated carbocycles. The summed E-state index contributed by atoms with van der Waals surface area (Å²) in [6.45, 7) is -3.17. The van der Waals surface area contributed by atoms with Crippen LogP contribution in [-0.2, 0) is 52.2 Å². The molecule has 0 radical (unpaired) electrons. The van der Waals surface area contributed by atoms with Crippen molar-refractivity contribution in [1.29, 1.82) is 0 Å². The maximum Gasteiger partial charge on any atom is 0.335 e. The summed E-state index contributed by atoms with van der Waals surface area (Å²) in [7, 11) is 0. The number of nitrogens with two attached hydrogens (primary N) is 1. The van der Waals surface area contributed by atoms with Crippen LogP contribution in [-0.4, -0.2) is 281 Å². The average molecular weight is 914 g/mol. The molecular formula is C34H59NO27. The zero-order chi connectivity index (χ0) is 45.7. The average Bonchev–Trinajstić information content (AvgIpc) is 3.25. The third-order valence-electron chi connectivity index (χ3n) is 11.1. The van der Waals surface area contributed by atoms with Crippen molar-refractivity contribution in [2.75, 3.05) is 39.6 Å². The van der Waals surface area contributed by atoms with E-state index in [2.05, 4.69) is 0 Å². The summed E-state index contributed by atoms with van der Waals surface area (Å²) in [5.41, 5.74) is 5.46. The third-order valence-corrected chi connectivity index (χ3v) is 11.1. The van der Waals surface area contributed by atoms with Crippen LogP contribution in [0.15, 0.2) is 0 Å². The molecule has 0 aliphatic carbocycles. The highest BCUT2D eigenvalue weighted by atomic mass is 16.8. The first-order valence-electron chi connectivity index (χ1n) is 19.8. The van der Waals surface area contributed by atoms with Gasteiger partial charge in [0.25, 0.3) is 0 Å². The molecule has 0 spiro atoms. The Hall–Kier alpha value is -1.57.